The summed E-state index contributed by atoms with van der Waals surface area (Å²) < 4.78 is 0. The van der Waals surface area contributed by atoms with E-state index >= 15 is 0 Å². The Morgan fingerprint density at radius 1 is 1.00 bits per heavy atom. The molecule has 2 N–H and O–H groups in total. The number of hydrogen-bond donors (Lipinski definition) is 2. The molecule has 0 aliphatic rings. The Labute approximate surface area is 86.9 Å². The first-order chi connectivity index (χ1) is 6.68. The first kappa shape index (κ1) is 15.7. The van der Waals surface area contributed by atoms with Gasteiger partial charge in [0.15, 0.2) is 0 Å². The summed E-state index contributed by atoms with van der Waals surface area (Å²) in [6.45, 7) is 4.62. The minimum atomic E-state index is -1.38. The fraction of sp³-hybridized carbons (Fsp3) is 0.556. The van der Waals surface area contributed by atoms with Gasteiger partial charge in [-0.3, -0.25) is 9.59 Å². The lowest BCUT2D eigenvalue weighted by Crippen LogP contribution is -2.14. The van der Waals surface area contributed by atoms with Gasteiger partial charge in [-0.15, -0.1) is 0 Å². The molecule has 15 heavy (non-hydrogen) atoms. The Bertz CT molecular complexity index is 254. The van der Waals surface area contributed by atoms with Crippen molar-refractivity contribution in [3.8, 4) is 0 Å². The van der Waals surface area contributed by atoms with E-state index in [0.717, 1.165) is 6.92 Å². The van der Waals surface area contributed by atoms with Gasteiger partial charge in [0.2, 0.25) is 11.6 Å². The van der Waals surface area contributed by atoms with E-state index in [2.05, 4.69) is 0 Å². The van der Waals surface area contributed by atoms with Crippen molar-refractivity contribution < 1.29 is 29.4 Å². The van der Waals surface area contributed by atoms with Crippen molar-refractivity contribution in [3.63, 3.8) is 0 Å². The largest absolute Gasteiger partial charge is 0.476 e. The standard InChI is InChI=1S/C6H10O3.C3H4O3/c1-4(2)3-5(7)6(8)9;1-2(4)3(5)6/h4H,3H2,1-2H3,(H,8,9);1H3,(H,5,6). The minimum Gasteiger partial charge on any atom is -0.476 e. The Kier molecular flexibility index (Phi) is 8.04. The van der Waals surface area contributed by atoms with E-state index in [4.69, 9.17) is 10.2 Å². The van der Waals surface area contributed by atoms with E-state index in [0.29, 0.717) is 0 Å². The Balaban J connectivity index is 0. The lowest BCUT2D eigenvalue weighted by Gasteiger charge is -1.97. The smallest absolute Gasteiger partial charge is 0.372 e. The van der Waals surface area contributed by atoms with Crippen LogP contribution in [0.3, 0.4) is 0 Å². The van der Waals surface area contributed by atoms with Gasteiger partial charge in [0.1, 0.15) is 0 Å². The maximum absolute atomic E-state index is 10.4. The zero-order valence-electron chi connectivity index (χ0n) is 8.81. The van der Waals surface area contributed by atoms with Gasteiger partial charge in [0.05, 0.1) is 0 Å². The van der Waals surface area contributed by atoms with Gasteiger partial charge in [-0.25, -0.2) is 9.59 Å². The Morgan fingerprint density at radius 2 is 1.33 bits per heavy atom. The van der Waals surface area contributed by atoms with Crippen molar-refractivity contribution in [2.24, 2.45) is 5.92 Å². The quantitative estimate of drug-likeness (QED) is 0.659. The highest BCUT2D eigenvalue weighted by Crippen LogP contribution is 1.99. The molecule has 0 amide bonds. The fourth-order valence-corrected chi connectivity index (χ4v) is 0.458. The van der Waals surface area contributed by atoms with E-state index in [9.17, 15) is 19.2 Å². The Hall–Kier alpha value is -1.72. The molecule has 0 radical (unpaired) electrons. The van der Waals surface area contributed by atoms with Crippen molar-refractivity contribution in [1.29, 1.82) is 0 Å². The van der Waals surface area contributed by atoms with Crippen LogP contribution in [0.4, 0.5) is 0 Å². The zero-order chi connectivity index (χ0) is 12.6. The summed E-state index contributed by atoms with van der Waals surface area (Å²) in [6, 6.07) is 0. The van der Waals surface area contributed by atoms with Gasteiger partial charge in [0, 0.05) is 13.3 Å². The van der Waals surface area contributed by atoms with Crippen LogP contribution < -0.4 is 0 Å². The summed E-state index contributed by atoms with van der Waals surface area (Å²) in [5, 5.41) is 15.7. The van der Waals surface area contributed by atoms with Crippen molar-refractivity contribution in [2.75, 3.05) is 0 Å². The topological polar surface area (TPSA) is 109 Å². The maximum atomic E-state index is 10.4. The normalized spacial score (nSPS) is 8.80. The minimum absolute atomic E-state index is 0.133. The second-order valence-corrected chi connectivity index (χ2v) is 3.19. The monoisotopic (exact) mass is 218 g/mol. The fourth-order valence-electron chi connectivity index (χ4n) is 0.458. The van der Waals surface area contributed by atoms with Crippen LogP contribution in [0.2, 0.25) is 0 Å². The van der Waals surface area contributed by atoms with Gasteiger partial charge < -0.3 is 10.2 Å². The number of carboxylic acids is 2. The van der Waals surface area contributed by atoms with E-state index in [1.54, 1.807) is 13.8 Å². The number of aliphatic carboxylic acids is 2. The van der Waals surface area contributed by atoms with E-state index in [1.807, 2.05) is 0 Å². The van der Waals surface area contributed by atoms with Crippen LogP contribution in [0.15, 0.2) is 0 Å². The molecule has 0 aliphatic carbocycles. The van der Waals surface area contributed by atoms with Crippen LogP contribution in [0, 0.1) is 5.92 Å². The van der Waals surface area contributed by atoms with Gasteiger partial charge >= 0.3 is 11.9 Å². The van der Waals surface area contributed by atoms with Crippen LogP contribution in [0.1, 0.15) is 27.2 Å². The molecule has 0 aromatic carbocycles. The molecule has 0 saturated carbocycles. The summed E-state index contributed by atoms with van der Waals surface area (Å²) in [4.78, 5) is 39.1. The predicted molar refractivity (Wildman–Crippen MR) is 50.4 cm³/mol. The number of ketones is 2. The number of carboxylic acid groups (broad SMARTS) is 2. The molecule has 0 aromatic heterocycles. The van der Waals surface area contributed by atoms with E-state index in [-0.39, 0.29) is 12.3 Å². The third kappa shape index (κ3) is 12.3. The molecule has 0 aliphatic heterocycles. The zero-order valence-corrected chi connectivity index (χ0v) is 8.81. The summed E-state index contributed by atoms with van der Waals surface area (Å²) >= 11 is 0. The van der Waals surface area contributed by atoms with Crippen molar-refractivity contribution in [2.45, 2.75) is 27.2 Å². The molecule has 0 fully saturated rings. The van der Waals surface area contributed by atoms with Gasteiger partial charge in [-0.05, 0) is 5.92 Å². The lowest BCUT2D eigenvalue weighted by atomic mass is 10.1. The van der Waals surface area contributed by atoms with Gasteiger partial charge in [-0.2, -0.15) is 0 Å². The molecule has 86 valence electrons. The molecule has 0 unspecified atom stereocenters. The first-order valence-corrected chi connectivity index (χ1v) is 4.18. The predicted octanol–water partition coefficient (Wildman–Crippen LogP) is 0.346. The van der Waals surface area contributed by atoms with Crippen LogP contribution in [-0.4, -0.2) is 33.7 Å². The van der Waals surface area contributed by atoms with Crippen LogP contribution >= 0.6 is 0 Å². The van der Waals surface area contributed by atoms with Crippen molar-refractivity contribution in [3.05, 3.63) is 0 Å². The molecule has 0 saturated heterocycles. The van der Waals surface area contributed by atoms with Crippen LogP contribution in [0.25, 0.3) is 0 Å². The first-order valence-electron chi connectivity index (χ1n) is 4.18. The number of rotatable bonds is 4. The molecule has 0 atom stereocenters. The Morgan fingerprint density at radius 3 is 1.40 bits per heavy atom. The van der Waals surface area contributed by atoms with Crippen molar-refractivity contribution >= 4 is 23.5 Å². The highest BCUT2D eigenvalue weighted by atomic mass is 16.4. The summed E-state index contributed by atoms with van der Waals surface area (Å²) in [7, 11) is 0. The second-order valence-electron chi connectivity index (χ2n) is 3.19. The molecule has 0 spiro atoms. The highest BCUT2D eigenvalue weighted by molar-refractivity contribution is 6.32. The van der Waals surface area contributed by atoms with Gasteiger partial charge in [0.25, 0.3) is 0 Å². The highest BCUT2D eigenvalue weighted by Gasteiger charge is 2.11. The SMILES string of the molecule is CC(=O)C(=O)O.CC(C)CC(=O)C(=O)O. The van der Waals surface area contributed by atoms with Crippen LogP contribution in [0.5, 0.6) is 0 Å². The van der Waals surface area contributed by atoms with Crippen LogP contribution in [-0.2, 0) is 19.2 Å². The molecule has 0 heterocycles. The number of hydrogen-bond acceptors (Lipinski definition) is 4. The number of Topliss-reactive ketones (excluding diaryl/α,β-unsaturated/α-hetero) is 2. The summed E-state index contributed by atoms with van der Waals surface area (Å²) in [5.41, 5.74) is 0. The lowest BCUT2D eigenvalue weighted by molar-refractivity contribution is -0.149. The number of carbonyl (C=O) groups excluding carboxylic acids is 2. The average molecular weight is 218 g/mol. The third-order valence-corrected chi connectivity index (χ3v) is 1.13. The summed E-state index contributed by atoms with van der Waals surface area (Å²) in [6.07, 6.45) is 0.134. The molecule has 6 nitrogen and oxygen atoms in total. The van der Waals surface area contributed by atoms with Gasteiger partial charge in [-0.1, -0.05) is 13.8 Å². The molecular weight excluding hydrogens is 204 g/mol. The van der Waals surface area contributed by atoms with Crippen molar-refractivity contribution in [1.82, 2.24) is 0 Å². The molecule has 0 rings (SSSR count). The molecule has 6 heteroatoms. The summed E-state index contributed by atoms with van der Waals surface area (Å²) in [5.74, 6) is -4.10. The van der Waals surface area contributed by atoms with E-state index < -0.39 is 23.5 Å². The molecule has 0 bridgehead atoms. The average Bonchev–Trinajstić information content (AvgIpc) is 2.03. The van der Waals surface area contributed by atoms with E-state index in [1.165, 1.54) is 0 Å². The maximum Gasteiger partial charge on any atom is 0.372 e. The third-order valence-electron chi connectivity index (χ3n) is 1.13. The second kappa shape index (κ2) is 7.66. The molecular formula is C9H14O6. The molecule has 0 aromatic rings. The number of carbonyl (C=O) groups is 4.